The van der Waals surface area contributed by atoms with Crippen LogP contribution in [-0.2, 0) is 0 Å². The summed E-state index contributed by atoms with van der Waals surface area (Å²) in [6.45, 7) is 8.31. The average Bonchev–Trinajstić information content (AvgIpc) is 3.21. The summed E-state index contributed by atoms with van der Waals surface area (Å²) in [6.07, 6.45) is 1.08. The van der Waals surface area contributed by atoms with Crippen molar-refractivity contribution in [2.24, 2.45) is 0 Å². The molecule has 4 aromatic rings. The minimum atomic E-state index is -0.237. The van der Waals surface area contributed by atoms with Gasteiger partial charge in [-0.25, -0.2) is 4.98 Å². The van der Waals surface area contributed by atoms with Crippen molar-refractivity contribution < 1.29 is 9.21 Å². The Labute approximate surface area is 199 Å². The molecular weight excluding hydrogens is 430 g/mol. The Morgan fingerprint density at radius 1 is 1.03 bits per heavy atom. The molecule has 2 N–H and O–H groups in total. The molecule has 5 nitrogen and oxygen atoms in total. The van der Waals surface area contributed by atoms with Crippen molar-refractivity contribution in [3.8, 4) is 11.5 Å². The van der Waals surface area contributed by atoms with E-state index in [1.807, 2.05) is 62.4 Å². The molecule has 0 bridgehead atoms. The summed E-state index contributed by atoms with van der Waals surface area (Å²) in [5, 5.41) is 6.03. The van der Waals surface area contributed by atoms with Gasteiger partial charge in [-0.15, -0.1) is 0 Å². The number of hydrogen-bond donors (Lipinski definition) is 2. The number of anilines is 1. The quantitative estimate of drug-likeness (QED) is 0.324. The summed E-state index contributed by atoms with van der Waals surface area (Å²) in [5.41, 5.74) is 7.18. The Hall–Kier alpha value is -3.51. The van der Waals surface area contributed by atoms with E-state index in [2.05, 4.69) is 41.6 Å². The third-order valence-electron chi connectivity index (χ3n) is 5.69. The molecule has 3 aromatic carbocycles. The molecule has 33 heavy (non-hydrogen) atoms. The third-order valence-corrected chi connectivity index (χ3v) is 5.90. The van der Waals surface area contributed by atoms with Crippen LogP contribution in [0.15, 0.2) is 65.1 Å². The number of hydrogen-bond acceptors (Lipinski definition) is 4. The van der Waals surface area contributed by atoms with Crippen LogP contribution in [-0.4, -0.2) is 16.0 Å². The number of nitrogens with zero attached hydrogens (tertiary/aromatic N) is 1. The van der Waals surface area contributed by atoms with Gasteiger partial charge >= 0.3 is 0 Å². The first-order valence-corrected chi connectivity index (χ1v) is 11.4. The van der Waals surface area contributed by atoms with Crippen LogP contribution in [0.2, 0.25) is 0 Å². The number of rotatable bonds is 5. The number of amides is 1. The fourth-order valence-corrected chi connectivity index (χ4v) is 3.96. The fourth-order valence-electron chi connectivity index (χ4n) is 3.75. The summed E-state index contributed by atoms with van der Waals surface area (Å²) in [6, 6.07) is 19.5. The van der Waals surface area contributed by atoms with Crippen LogP contribution in [0.5, 0.6) is 0 Å². The van der Waals surface area contributed by atoms with Gasteiger partial charge in [0.25, 0.3) is 5.91 Å². The zero-order chi connectivity index (χ0) is 23.5. The van der Waals surface area contributed by atoms with Crippen molar-refractivity contribution in [3.63, 3.8) is 0 Å². The van der Waals surface area contributed by atoms with Gasteiger partial charge in [0.15, 0.2) is 10.7 Å². The molecule has 1 unspecified atom stereocenters. The minimum Gasteiger partial charge on any atom is -0.436 e. The maximum atomic E-state index is 12.5. The van der Waals surface area contributed by atoms with Crippen LogP contribution < -0.4 is 10.6 Å². The Balaban J connectivity index is 1.43. The molecule has 0 aliphatic carbocycles. The predicted octanol–water partition coefficient (Wildman–Crippen LogP) is 6.75. The lowest BCUT2D eigenvalue weighted by Gasteiger charge is -2.10. The summed E-state index contributed by atoms with van der Waals surface area (Å²) in [5.74, 6) is 0.821. The molecule has 1 heterocycles. The van der Waals surface area contributed by atoms with Crippen molar-refractivity contribution in [3.05, 3.63) is 82.9 Å². The van der Waals surface area contributed by atoms with E-state index in [1.54, 1.807) is 0 Å². The van der Waals surface area contributed by atoms with Crippen molar-refractivity contribution in [2.45, 2.75) is 40.0 Å². The molecule has 0 radical (unpaired) electrons. The molecule has 168 valence electrons. The second kappa shape index (κ2) is 9.55. The highest BCUT2D eigenvalue weighted by Crippen LogP contribution is 2.28. The maximum absolute atomic E-state index is 12.5. The highest BCUT2D eigenvalue weighted by molar-refractivity contribution is 7.80. The van der Waals surface area contributed by atoms with Gasteiger partial charge in [-0.1, -0.05) is 37.1 Å². The predicted molar refractivity (Wildman–Crippen MR) is 138 cm³/mol. The van der Waals surface area contributed by atoms with E-state index in [4.69, 9.17) is 16.6 Å². The Morgan fingerprint density at radius 2 is 1.73 bits per heavy atom. The number of thiocarbonyl (C=S) groups is 1. The summed E-state index contributed by atoms with van der Waals surface area (Å²) < 4.78 is 5.95. The lowest BCUT2D eigenvalue weighted by molar-refractivity contribution is 0.0977. The molecule has 4 rings (SSSR count). The van der Waals surface area contributed by atoms with Crippen molar-refractivity contribution in [1.29, 1.82) is 0 Å². The van der Waals surface area contributed by atoms with E-state index in [9.17, 15) is 4.79 Å². The monoisotopic (exact) mass is 457 g/mol. The molecule has 0 saturated carbocycles. The second-order valence-electron chi connectivity index (χ2n) is 8.42. The van der Waals surface area contributed by atoms with E-state index >= 15 is 0 Å². The number of carbonyl (C=O) groups is 1. The van der Waals surface area contributed by atoms with Crippen LogP contribution in [0.1, 0.15) is 53.2 Å². The van der Waals surface area contributed by atoms with Gasteiger partial charge in [-0.05, 0) is 92.5 Å². The average molecular weight is 458 g/mol. The fraction of sp³-hybridized carbons (Fsp3) is 0.222. The molecular formula is C27H27N3O2S. The van der Waals surface area contributed by atoms with E-state index in [1.165, 1.54) is 5.56 Å². The Bertz CT molecular complexity index is 1300. The van der Waals surface area contributed by atoms with E-state index in [0.717, 1.165) is 39.9 Å². The number of carbonyl (C=O) groups excluding carboxylic acids is 1. The Kier molecular flexibility index (Phi) is 6.56. The first kappa shape index (κ1) is 22.7. The molecule has 0 spiro atoms. The number of nitrogens with one attached hydrogen (secondary N) is 2. The molecule has 0 fully saturated rings. The van der Waals surface area contributed by atoms with Gasteiger partial charge in [0.2, 0.25) is 5.89 Å². The largest absolute Gasteiger partial charge is 0.436 e. The van der Waals surface area contributed by atoms with E-state index in [-0.39, 0.29) is 11.0 Å². The lowest BCUT2D eigenvalue weighted by atomic mass is 9.98. The normalized spacial score (nSPS) is 11.9. The van der Waals surface area contributed by atoms with Crippen LogP contribution in [0, 0.1) is 13.8 Å². The second-order valence-corrected chi connectivity index (χ2v) is 8.83. The van der Waals surface area contributed by atoms with Gasteiger partial charge in [0.1, 0.15) is 5.52 Å². The molecule has 0 saturated heterocycles. The number of aryl methyl sites for hydroxylation is 2. The zero-order valence-corrected chi connectivity index (χ0v) is 20.0. The van der Waals surface area contributed by atoms with E-state index < -0.39 is 0 Å². The Morgan fingerprint density at radius 3 is 2.39 bits per heavy atom. The third kappa shape index (κ3) is 5.29. The molecule has 0 aliphatic heterocycles. The topological polar surface area (TPSA) is 67.2 Å². The minimum absolute atomic E-state index is 0.237. The van der Waals surface area contributed by atoms with Gasteiger partial charge in [-0.2, -0.15) is 0 Å². The van der Waals surface area contributed by atoms with E-state index in [0.29, 0.717) is 17.4 Å². The smallest absolute Gasteiger partial charge is 0.257 e. The highest BCUT2D eigenvalue weighted by atomic mass is 32.1. The zero-order valence-electron chi connectivity index (χ0n) is 19.2. The first-order chi connectivity index (χ1) is 15.8. The highest BCUT2D eigenvalue weighted by Gasteiger charge is 2.12. The lowest BCUT2D eigenvalue weighted by Crippen LogP contribution is -2.34. The molecule has 1 atom stereocenters. The van der Waals surface area contributed by atoms with Gasteiger partial charge < -0.3 is 9.73 Å². The molecule has 0 aliphatic rings. The number of oxazole rings is 1. The molecule has 6 heteroatoms. The van der Waals surface area contributed by atoms with Gasteiger partial charge in [-0.3, -0.25) is 10.1 Å². The summed E-state index contributed by atoms with van der Waals surface area (Å²) >= 11 is 5.32. The molecule has 1 aromatic heterocycles. The summed E-state index contributed by atoms with van der Waals surface area (Å²) in [7, 11) is 0. The standard InChI is InChI=1S/C27H27N3O2S/c1-5-18(4)20-8-11-24-23(15-20)29-26(32-24)19-6-9-22(10-7-19)28-27(33)30-25(31)21-13-16(2)12-17(3)14-21/h6-15,18H,5H2,1-4H3,(H2,28,30,31,33). The number of fused-ring (bicyclic) bond motifs is 1. The van der Waals surface area contributed by atoms with Gasteiger partial charge in [0, 0.05) is 16.8 Å². The number of benzene rings is 3. The van der Waals surface area contributed by atoms with Gasteiger partial charge in [0.05, 0.1) is 0 Å². The molecule has 1 amide bonds. The van der Waals surface area contributed by atoms with Crippen LogP contribution >= 0.6 is 12.2 Å². The first-order valence-electron chi connectivity index (χ1n) is 11.0. The van der Waals surface area contributed by atoms with Crippen LogP contribution in [0.25, 0.3) is 22.6 Å². The summed E-state index contributed by atoms with van der Waals surface area (Å²) in [4.78, 5) is 17.2. The SMILES string of the molecule is CCC(C)c1ccc2oc(-c3ccc(NC(=S)NC(=O)c4cc(C)cc(C)c4)cc3)nc2c1. The van der Waals surface area contributed by atoms with Crippen LogP contribution in [0.4, 0.5) is 5.69 Å². The van der Waals surface area contributed by atoms with Crippen molar-refractivity contribution in [1.82, 2.24) is 10.3 Å². The van der Waals surface area contributed by atoms with Crippen LogP contribution in [0.3, 0.4) is 0 Å². The van der Waals surface area contributed by atoms with Crippen molar-refractivity contribution >= 4 is 40.0 Å². The number of aromatic nitrogens is 1. The maximum Gasteiger partial charge on any atom is 0.257 e. The van der Waals surface area contributed by atoms with Crippen molar-refractivity contribution in [2.75, 3.05) is 5.32 Å².